The van der Waals surface area contributed by atoms with E-state index in [1.165, 1.54) is 12.0 Å². The minimum Gasteiger partial charge on any atom is -0.459 e. The molecule has 1 amide bonds. The molecule has 0 unspecified atom stereocenters. The van der Waals surface area contributed by atoms with Crippen molar-refractivity contribution < 1.29 is 23.8 Å². The van der Waals surface area contributed by atoms with Crippen molar-refractivity contribution in [2.45, 2.75) is 51.9 Å². The zero-order valence-electron chi connectivity index (χ0n) is 18.3. The third kappa shape index (κ3) is 6.88. The Labute approximate surface area is 178 Å². The number of methoxy groups -OCH3 is 1. The smallest absolute Gasteiger partial charge is 0.412 e. The van der Waals surface area contributed by atoms with E-state index >= 15 is 0 Å². The highest BCUT2D eigenvalue weighted by Gasteiger charge is 2.38. The van der Waals surface area contributed by atoms with Crippen LogP contribution < -0.4 is 0 Å². The molecular formula is C24H31NO5. The number of carbonyl (C=O) groups is 2. The summed E-state index contributed by atoms with van der Waals surface area (Å²) in [7, 11) is 1.47. The molecule has 0 aliphatic carbocycles. The first-order chi connectivity index (χ1) is 14.2. The summed E-state index contributed by atoms with van der Waals surface area (Å²) in [6, 6.07) is 18.0. The second kappa shape index (κ2) is 10.8. The van der Waals surface area contributed by atoms with Crippen molar-refractivity contribution in [2.24, 2.45) is 0 Å². The lowest BCUT2D eigenvalue weighted by Crippen LogP contribution is -2.51. The molecule has 0 saturated heterocycles. The van der Waals surface area contributed by atoms with E-state index in [1.54, 1.807) is 20.8 Å². The van der Waals surface area contributed by atoms with Crippen molar-refractivity contribution >= 4 is 12.1 Å². The Balaban J connectivity index is 2.32. The summed E-state index contributed by atoms with van der Waals surface area (Å²) in [6.07, 6.45) is -0.631. The van der Waals surface area contributed by atoms with Crippen LogP contribution in [0.25, 0.3) is 0 Å². The van der Waals surface area contributed by atoms with E-state index in [0.717, 1.165) is 11.1 Å². The molecule has 2 rings (SSSR count). The van der Waals surface area contributed by atoms with E-state index in [2.05, 4.69) is 0 Å². The Morgan fingerprint density at radius 3 is 2.07 bits per heavy atom. The summed E-state index contributed by atoms with van der Waals surface area (Å²) in [5, 5.41) is 0. The maximum atomic E-state index is 13.2. The zero-order chi connectivity index (χ0) is 22.1. The van der Waals surface area contributed by atoms with E-state index < -0.39 is 23.7 Å². The second-order valence-corrected chi connectivity index (χ2v) is 8.11. The number of hydrogen-bond donors (Lipinski definition) is 0. The van der Waals surface area contributed by atoms with E-state index in [9.17, 15) is 9.59 Å². The lowest BCUT2D eigenvalue weighted by atomic mass is 9.92. The van der Waals surface area contributed by atoms with Gasteiger partial charge in [0.25, 0.3) is 0 Å². The highest BCUT2D eigenvalue weighted by Crippen LogP contribution is 2.26. The molecule has 0 radical (unpaired) electrons. The standard InChI is InChI=1S/C24H31NO5/c1-18(20-14-10-7-11-15-20)21(22(26)29-16-19-12-8-6-9-13-19)25(17-28-5)23(27)30-24(2,3)4/h6-15,18,21H,16-17H2,1-5H3/t18-,21-/m0/s1. The Morgan fingerprint density at radius 2 is 1.53 bits per heavy atom. The van der Waals surface area contributed by atoms with Crippen molar-refractivity contribution in [3.05, 3.63) is 71.8 Å². The molecule has 0 spiro atoms. The van der Waals surface area contributed by atoms with Gasteiger partial charge in [-0.1, -0.05) is 67.6 Å². The van der Waals surface area contributed by atoms with E-state index in [1.807, 2.05) is 67.6 Å². The molecule has 0 aliphatic rings. The number of carbonyl (C=O) groups excluding carboxylic acids is 2. The van der Waals surface area contributed by atoms with E-state index in [-0.39, 0.29) is 19.3 Å². The third-order valence-electron chi connectivity index (χ3n) is 4.50. The fourth-order valence-electron chi connectivity index (χ4n) is 3.06. The van der Waals surface area contributed by atoms with Crippen LogP contribution in [0.15, 0.2) is 60.7 Å². The van der Waals surface area contributed by atoms with Crippen LogP contribution in [0.4, 0.5) is 4.79 Å². The van der Waals surface area contributed by atoms with Crippen molar-refractivity contribution in [3.8, 4) is 0 Å². The van der Waals surface area contributed by atoms with Crippen LogP contribution in [0.2, 0.25) is 0 Å². The molecule has 6 nitrogen and oxygen atoms in total. The lowest BCUT2D eigenvalue weighted by molar-refractivity contribution is -0.154. The molecule has 0 aromatic heterocycles. The summed E-state index contributed by atoms with van der Waals surface area (Å²) >= 11 is 0. The topological polar surface area (TPSA) is 65.1 Å². The highest BCUT2D eigenvalue weighted by molar-refractivity contribution is 5.82. The van der Waals surface area contributed by atoms with Gasteiger partial charge in [-0.2, -0.15) is 0 Å². The predicted octanol–water partition coefficient (Wildman–Crippen LogP) is 4.74. The second-order valence-electron chi connectivity index (χ2n) is 8.11. The summed E-state index contributed by atoms with van der Waals surface area (Å²) in [5.74, 6) is -0.852. The Kier molecular flexibility index (Phi) is 8.42. The largest absolute Gasteiger partial charge is 0.459 e. The molecule has 162 valence electrons. The Morgan fingerprint density at radius 1 is 0.967 bits per heavy atom. The zero-order valence-corrected chi connectivity index (χ0v) is 18.3. The molecular weight excluding hydrogens is 382 g/mol. The molecule has 0 N–H and O–H groups in total. The first kappa shape index (κ1) is 23.4. The molecule has 0 saturated carbocycles. The first-order valence-electron chi connectivity index (χ1n) is 9.97. The maximum Gasteiger partial charge on any atom is 0.412 e. The fourth-order valence-corrected chi connectivity index (χ4v) is 3.06. The van der Waals surface area contributed by atoms with Gasteiger partial charge >= 0.3 is 12.1 Å². The molecule has 2 atom stereocenters. The third-order valence-corrected chi connectivity index (χ3v) is 4.50. The normalized spacial score (nSPS) is 13.2. The fraction of sp³-hybridized carbons (Fsp3) is 0.417. The Hall–Kier alpha value is -2.86. The summed E-state index contributed by atoms with van der Waals surface area (Å²) in [5.41, 5.74) is 1.06. The van der Waals surface area contributed by atoms with Gasteiger partial charge in [0.15, 0.2) is 0 Å². The molecule has 30 heavy (non-hydrogen) atoms. The number of rotatable bonds is 8. The van der Waals surface area contributed by atoms with Gasteiger partial charge in [0, 0.05) is 13.0 Å². The first-order valence-corrected chi connectivity index (χ1v) is 9.97. The summed E-state index contributed by atoms with van der Waals surface area (Å²) in [4.78, 5) is 27.4. The molecule has 0 fully saturated rings. The predicted molar refractivity (Wildman–Crippen MR) is 115 cm³/mol. The van der Waals surface area contributed by atoms with Crippen molar-refractivity contribution in [1.29, 1.82) is 0 Å². The number of amides is 1. The van der Waals surface area contributed by atoms with Gasteiger partial charge < -0.3 is 14.2 Å². The SMILES string of the molecule is COCN(C(=O)OC(C)(C)C)[C@H](C(=O)OCc1ccccc1)[C@@H](C)c1ccccc1. The van der Waals surface area contributed by atoms with Gasteiger partial charge in [-0.25, -0.2) is 9.59 Å². The van der Waals surface area contributed by atoms with Crippen LogP contribution in [-0.4, -0.2) is 42.4 Å². The number of ether oxygens (including phenoxy) is 3. The molecule has 0 heterocycles. The average Bonchev–Trinajstić information content (AvgIpc) is 2.72. The maximum absolute atomic E-state index is 13.2. The van der Waals surface area contributed by atoms with Gasteiger partial charge in [0.05, 0.1) is 0 Å². The molecule has 6 heteroatoms. The van der Waals surface area contributed by atoms with Crippen LogP contribution in [0.1, 0.15) is 44.7 Å². The number of esters is 1. The van der Waals surface area contributed by atoms with E-state index in [0.29, 0.717) is 0 Å². The van der Waals surface area contributed by atoms with Crippen LogP contribution >= 0.6 is 0 Å². The molecule has 2 aromatic carbocycles. The quantitative estimate of drug-likeness (QED) is 0.462. The minimum absolute atomic E-state index is 0.100. The van der Waals surface area contributed by atoms with Gasteiger partial charge in [-0.05, 0) is 31.9 Å². The number of benzene rings is 2. The molecule has 2 aromatic rings. The van der Waals surface area contributed by atoms with Gasteiger partial charge in [-0.3, -0.25) is 4.90 Å². The minimum atomic E-state index is -0.911. The molecule has 0 bridgehead atoms. The van der Waals surface area contributed by atoms with Crippen molar-refractivity contribution in [3.63, 3.8) is 0 Å². The Bertz CT molecular complexity index is 801. The molecule has 0 aliphatic heterocycles. The van der Waals surface area contributed by atoms with Crippen LogP contribution in [0, 0.1) is 0 Å². The van der Waals surface area contributed by atoms with Crippen LogP contribution in [0.3, 0.4) is 0 Å². The van der Waals surface area contributed by atoms with Crippen LogP contribution in [0.5, 0.6) is 0 Å². The number of nitrogens with zero attached hydrogens (tertiary/aromatic N) is 1. The summed E-state index contributed by atoms with van der Waals surface area (Å²) in [6.45, 7) is 7.23. The summed E-state index contributed by atoms with van der Waals surface area (Å²) < 4.78 is 16.4. The lowest BCUT2D eigenvalue weighted by Gasteiger charge is -2.34. The van der Waals surface area contributed by atoms with Crippen molar-refractivity contribution in [2.75, 3.05) is 13.8 Å². The van der Waals surface area contributed by atoms with Gasteiger partial charge in [-0.15, -0.1) is 0 Å². The van der Waals surface area contributed by atoms with Gasteiger partial charge in [0.2, 0.25) is 0 Å². The van der Waals surface area contributed by atoms with Gasteiger partial charge in [0.1, 0.15) is 25.0 Å². The number of hydrogen-bond acceptors (Lipinski definition) is 5. The van der Waals surface area contributed by atoms with Crippen LogP contribution in [-0.2, 0) is 25.6 Å². The average molecular weight is 414 g/mol. The van der Waals surface area contributed by atoms with Crippen molar-refractivity contribution in [1.82, 2.24) is 4.90 Å². The monoisotopic (exact) mass is 413 g/mol. The van der Waals surface area contributed by atoms with E-state index in [4.69, 9.17) is 14.2 Å². The highest BCUT2D eigenvalue weighted by atomic mass is 16.6.